The van der Waals surface area contributed by atoms with Crippen LogP contribution in [0.5, 0.6) is 11.5 Å². The van der Waals surface area contributed by atoms with E-state index in [9.17, 15) is 14.7 Å². The Hall–Kier alpha value is -1.99. The Balaban J connectivity index is 2.22. The number of aliphatic hydroxyl groups is 1. The molecular weight excluding hydrogens is 336 g/mol. The molecule has 24 heavy (non-hydrogen) atoms. The van der Waals surface area contributed by atoms with Gasteiger partial charge >= 0.3 is 0 Å². The number of nitrogens with zero attached hydrogens (tertiary/aromatic N) is 1. The SMILES string of the molecule is CNC(=O)C[C@@H]1CN(C(=O)c2cc(OC)cc(OC)c2Cl)C[C@H]1O. The van der Waals surface area contributed by atoms with E-state index in [0.717, 1.165) is 0 Å². The molecule has 2 atom stereocenters. The molecule has 1 heterocycles. The summed E-state index contributed by atoms with van der Waals surface area (Å²) < 4.78 is 10.3. The van der Waals surface area contributed by atoms with Crippen molar-refractivity contribution in [1.82, 2.24) is 10.2 Å². The van der Waals surface area contributed by atoms with E-state index in [-0.39, 0.29) is 47.8 Å². The zero-order valence-electron chi connectivity index (χ0n) is 13.8. The lowest BCUT2D eigenvalue weighted by Gasteiger charge is -2.18. The number of carbonyl (C=O) groups excluding carboxylic acids is 2. The number of aliphatic hydroxyl groups excluding tert-OH is 1. The number of nitrogens with one attached hydrogen (secondary N) is 1. The van der Waals surface area contributed by atoms with Gasteiger partial charge < -0.3 is 24.8 Å². The van der Waals surface area contributed by atoms with Crippen LogP contribution in [-0.4, -0.2) is 62.3 Å². The summed E-state index contributed by atoms with van der Waals surface area (Å²) >= 11 is 6.24. The second kappa shape index (κ2) is 7.72. The zero-order chi connectivity index (χ0) is 17.9. The first-order valence-corrected chi connectivity index (χ1v) is 7.88. The van der Waals surface area contributed by atoms with Crippen LogP contribution < -0.4 is 14.8 Å². The largest absolute Gasteiger partial charge is 0.497 e. The van der Waals surface area contributed by atoms with E-state index in [0.29, 0.717) is 11.5 Å². The summed E-state index contributed by atoms with van der Waals surface area (Å²) in [4.78, 5) is 25.8. The summed E-state index contributed by atoms with van der Waals surface area (Å²) in [5.41, 5.74) is 0.237. The summed E-state index contributed by atoms with van der Waals surface area (Å²) in [6, 6.07) is 3.12. The fourth-order valence-corrected chi connectivity index (χ4v) is 2.99. The maximum Gasteiger partial charge on any atom is 0.255 e. The molecule has 1 aromatic rings. The van der Waals surface area contributed by atoms with Gasteiger partial charge in [-0.25, -0.2) is 0 Å². The van der Waals surface area contributed by atoms with Crippen molar-refractivity contribution < 1.29 is 24.2 Å². The monoisotopic (exact) mass is 356 g/mol. The van der Waals surface area contributed by atoms with Gasteiger partial charge in [0.25, 0.3) is 5.91 Å². The average Bonchev–Trinajstić information content (AvgIpc) is 2.95. The lowest BCUT2D eigenvalue weighted by Crippen LogP contribution is -2.30. The van der Waals surface area contributed by atoms with Gasteiger partial charge in [0.1, 0.15) is 11.5 Å². The van der Waals surface area contributed by atoms with E-state index >= 15 is 0 Å². The molecule has 1 fully saturated rings. The van der Waals surface area contributed by atoms with Crippen molar-refractivity contribution in [1.29, 1.82) is 0 Å². The van der Waals surface area contributed by atoms with E-state index in [1.54, 1.807) is 6.07 Å². The fraction of sp³-hybridized carbons (Fsp3) is 0.500. The van der Waals surface area contributed by atoms with Crippen LogP contribution in [0.2, 0.25) is 5.02 Å². The number of likely N-dealkylation sites (tertiary alicyclic amines) is 1. The van der Waals surface area contributed by atoms with Gasteiger partial charge in [0.05, 0.1) is 30.9 Å². The van der Waals surface area contributed by atoms with Crippen molar-refractivity contribution in [3.8, 4) is 11.5 Å². The molecule has 8 heteroatoms. The Morgan fingerprint density at radius 2 is 2.04 bits per heavy atom. The van der Waals surface area contributed by atoms with Crippen molar-refractivity contribution in [3.05, 3.63) is 22.7 Å². The van der Waals surface area contributed by atoms with Crippen molar-refractivity contribution in [2.45, 2.75) is 12.5 Å². The van der Waals surface area contributed by atoms with Crippen LogP contribution in [-0.2, 0) is 4.79 Å². The van der Waals surface area contributed by atoms with Crippen LogP contribution in [0.15, 0.2) is 12.1 Å². The maximum atomic E-state index is 12.8. The van der Waals surface area contributed by atoms with Gasteiger partial charge in [-0.2, -0.15) is 0 Å². The first-order valence-electron chi connectivity index (χ1n) is 7.50. The number of ether oxygens (including phenoxy) is 2. The number of methoxy groups -OCH3 is 2. The topological polar surface area (TPSA) is 88.1 Å². The van der Waals surface area contributed by atoms with Crippen LogP contribution in [0.25, 0.3) is 0 Å². The molecule has 1 aromatic carbocycles. The van der Waals surface area contributed by atoms with E-state index in [2.05, 4.69) is 5.32 Å². The molecule has 2 rings (SSSR count). The Morgan fingerprint density at radius 1 is 1.33 bits per heavy atom. The normalized spacial score (nSPS) is 20.0. The van der Waals surface area contributed by atoms with Gasteiger partial charge in [-0.05, 0) is 6.07 Å². The number of hydrogen-bond donors (Lipinski definition) is 2. The number of β-amino-alcohol motifs (C(OH)–C–C–N with tert-alkyl or cyclic N) is 1. The third-order valence-electron chi connectivity index (χ3n) is 4.12. The van der Waals surface area contributed by atoms with Gasteiger partial charge in [-0.15, -0.1) is 0 Å². The van der Waals surface area contributed by atoms with Crippen LogP contribution in [0, 0.1) is 5.92 Å². The van der Waals surface area contributed by atoms with Crippen molar-refractivity contribution >= 4 is 23.4 Å². The standard InChI is InChI=1S/C16H21ClN2O5/c1-18-14(21)4-9-7-19(8-12(9)20)16(22)11-5-10(23-2)6-13(24-3)15(11)17/h5-6,9,12,20H,4,7-8H2,1-3H3,(H,18,21)/t9-,12-/m1/s1. The van der Waals surface area contributed by atoms with Crippen LogP contribution in [0.3, 0.4) is 0 Å². The lowest BCUT2D eigenvalue weighted by molar-refractivity contribution is -0.122. The highest BCUT2D eigenvalue weighted by molar-refractivity contribution is 6.35. The molecule has 0 aliphatic carbocycles. The Morgan fingerprint density at radius 3 is 2.62 bits per heavy atom. The fourth-order valence-electron chi connectivity index (χ4n) is 2.73. The molecule has 7 nitrogen and oxygen atoms in total. The summed E-state index contributed by atoms with van der Waals surface area (Å²) in [7, 11) is 4.47. The summed E-state index contributed by atoms with van der Waals surface area (Å²) in [6.07, 6.45) is -0.589. The maximum absolute atomic E-state index is 12.8. The quantitative estimate of drug-likeness (QED) is 0.819. The number of halogens is 1. The molecule has 0 bridgehead atoms. The third kappa shape index (κ3) is 3.73. The highest BCUT2D eigenvalue weighted by atomic mass is 35.5. The molecule has 2 amide bonds. The molecule has 1 aliphatic heterocycles. The van der Waals surface area contributed by atoms with Crippen LogP contribution >= 0.6 is 11.6 Å². The van der Waals surface area contributed by atoms with Crippen molar-refractivity contribution in [3.63, 3.8) is 0 Å². The predicted molar refractivity (Wildman–Crippen MR) is 88.6 cm³/mol. The summed E-state index contributed by atoms with van der Waals surface area (Å²) in [5.74, 6) is -0.0347. The van der Waals surface area contributed by atoms with Gasteiger partial charge in [0.15, 0.2) is 0 Å². The zero-order valence-corrected chi connectivity index (χ0v) is 14.6. The van der Waals surface area contributed by atoms with Gasteiger partial charge in [0, 0.05) is 38.5 Å². The second-order valence-electron chi connectivity index (χ2n) is 5.61. The first kappa shape index (κ1) is 18.4. The minimum atomic E-state index is -0.752. The van der Waals surface area contributed by atoms with E-state index in [1.165, 1.54) is 32.2 Å². The van der Waals surface area contributed by atoms with Crippen molar-refractivity contribution in [2.24, 2.45) is 5.92 Å². The molecule has 1 saturated heterocycles. The van der Waals surface area contributed by atoms with Crippen LogP contribution in [0.4, 0.5) is 0 Å². The molecular formula is C16H21ClN2O5. The highest BCUT2D eigenvalue weighted by Crippen LogP contribution is 2.34. The van der Waals surface area contributed by atoms with E-state index in [1.807, 2.05) is 0 Å². The van der Waals surface area contributed by atoms with E-state index in [4.69, 9.17) is 21.1 Å². The third-order valence-corrected chi connectivity index (χ3v) is 4.51. The Kier molecular flexibility index (Phi) is 5.90. The van der Waals surface area contributed by atoms with Crippen molar-refractivity contribution in [2.75, 3.05) is 34.4 Å². The molecule has 0 spiro atoms. The molecule has 0 unspecified atom stereocenters. The highest BCUT2D eigenvalue weighted by Gasteiger charge is 2.36. The minimum absolute atomic E-state index is 0.149. The lowest BCUT2D eigenvalue weighted by atomic mass is 10.0. The number of amides is 2. The molecule has 1 aliphatic rings. The van der Waals surface area contributed by atoms with Gasteiger partial charge in [0.2, 0.25) is 5.91 Å². The molecule has 0 saturated carbocycles. The summed E-state index contributed by atoms with van der Waals surface area (Å²) in [6.45, 7) is 0.430. The van der Waals surface area contributed by atoms with Gasteiger partial charge in [-0.3, -0.25) is 9.59 Å². The number of benzene rings is 1. The molecule has 0 radical (unpaired) electrons. The Labute approximate surface area is 145 Å². The second-order valence-corrected chi connectivity index (χ2v) is 5.98. The van der Waals surface area contributed by atoms with Gasteiger partial charge in [-0.1, -0.05) is 11.6 Å². The summed E-state index contributed by atoms with van der Waals surface area (Å²) in [5, 5.41) is 12.8. The number of rotatable bonds is 5. The Bertz CT molecular complexity index is 637. The smallest absolute Gasteiger partial charge is 0.255 e. The minimum Gasteiger partial charge on any atom is -0.497 e. The number of hydrogen-bond acceptors (Lipinski definition) is 5. The molecule has 132 valence electrons. The number of carbonyl (C=O) groups is 2. The first-order chi connectivity index (χ1) is 11.4. The van der Waals surface area contributed by atoms with E-state index < -0.39 is 6.10 Å². The molecule has 0 aromatic heterocycles. The predicted octanol–water partition coefficient (Wildman–Crippen LogP) is 0.926. The average molecular weight is 357 g/mol. The molecule has 2 N–H and O–H groups in total. The van der Waals surface area contributed by atoms with Crippen LogP contribution in [0.1, 0.15) is 16.8 Å².